The first-order valence-electron chi connectivity index (χ1n) is 8.78. The van der Waals surface area contributed by atoms with E-state index in [0.717, 1.165) is 12.0 Å². The number of aliphatic hydroxyl groups excluding tert-OH is 2. The molecule has 25 heavy (non-hydrogen) atoms. The molecule has 2 heterocycles. The number of imidazole rings is 1. The number of nitrogens with one attached hydrogen (secondary N) is 1. The van der Waals surface area contributed by atoms with Crippen LogP contribution in [0.5, 0.6) is 0 Å². The van der Waals surface area contributed by atoms with Gasteiger partial charge in [0.05, 0.1) is 18.3 Å². The molecule has 0 bridgehead atoms. The summed E-state index contributed by atoms with van der Waals surface area (Å²) < 4.78 is 0. The second-order valence-electron chi connectivity index (χ2n) is 6.79. The molecule has 0 spiro atoms. The zero-order chi connectivity index (χ0) is 17.9. The number of hydrogen-bond acceptors (Lipinski definition) is 4. The molecule has 1 aromatic heterocycles. The van der Waals surface area contributed by atoms with Gasteiger partial charge in [0.2, 0.25) is 0 Å². The summed E-state index contributed by atoms with van der Waals surface area (Å²) in [6.07, 6.45) is 4.82. The minimum atomic E-state index is -0.637. The summed E-state index contributed by atoms with van der Waals surface area (Å²) in [5.41, 5.74) is 0.702. The van der Waals surface area contributed by atoms with Gasteiger partial charge < -0.3 is 20.1 Å². The van der Waals surface area contributed by atoms with Gasteiger partial charge in [-0.3, -0.25) is 4.79 Å². The molecule has 1 saturated heterocycles. The summed E-state index contributed by atoms with van der Waals surface area (Å²) in [5.74, 6) is 0.566. The maximum atomic E-state index is 13.2. The maximum Gasteiger partial charge on any atom is 0.254 e. The fourth-order valence-electron chi connectivity index (χ4n) is 3.76. The zero-order valence-electron chi connectivity index (χ0n) is 14.5. The van der Waals surface area contributed by atoms with E-state index in [1.165, 1.54) is 0 Å². The number of nitrogens with zero attached hydrogens (tertiary/aromatic N) is 2. The Hall–Kier alpha value is -2.18. The number of benzene rings is 1. The Morgan fingerprint density at radius 3 is 2.92 bits per heavy atom. The van der Waals surface area contributed by atoms with Gasteiger partial charge in [0.15, 0.2) is 0 Å². The van der Waals surface area contributed by atoms with Gasteiger partial charge in [-0.1, -0.05) is 31.5 Å². The lowest BCUT2D eigenvalue weighted by Gasteiger charge is -2.45. The number of H-pyrrole nitrogens is 1. The summed E-state index contributed by atoms with van der Waals surface area (Å²) >= 11 is 0. The molecule has 6 heteroatoms. The van der Waals surface area contributed by atoms with Crippen molar-refractivity contribution >= 4 is 5.91 Å². The third-order valence-electron chi connectivity index (χ3n) is 5.15. The maximum absolute atomic E-state index is 13.2. The molecule has 134 valence electrons. The molecule has 0 radical (unpaired) electrons. The molecule has 1 fully saturated rings. The smallest absolute Gasteiger partial charge is 0.254 e. The summed E-state index contributed by atoms with van der Waals surface area (Å²) in [7, 11) is 0. The lowest BCUT2D eigenvalue weighted by Crippen LogP contribution is -2.55. The van der Waals surface area contributed by atoms with Crippen LogP contribution >= 0.6 is 0 Å². The Kier molecular flexibility index (Phi) is 5.20. The second kappa shape index (κ2) is 7.37. The van der Waals surface area contributed by atoms with Crippen LogP contribution in [0.15, 0.2) is 36.7 Å². The number of aliphatic hydroxyl groups is 2. The molecule has 2 atom stereocenters. The standard InChI is InChI=1S/C19H25N3O3/c1-2-8-19(13-23)12-22(11-7-16(19)24)18(25)15-6-4-3-5-14(15)17-20-9-10-21-17/h3-6,9-10,16,23-24H,2,7-8,11-13H2,1H3,(H,20,21)/t16-,19-/m0/s1. The number of amides is 1. The minimum Gasteiger partial charge on any atom is -0.396 e. The van der Waals surface area contributed by atoms with Crippen molar-refractivity contribution in [2.75, 3.05) is 19.7 Å². The Morgan fingerprint density at radius 2 is 2.24 bits per heavy atom. The van der Waals surface area contributed by atoms with Gasteiger partial charge in [0.25, 0.3) is 5.91 Å². The van der Waals surface area contributed by atoms with Crippen molar-refractivity contribution in [3.8, 4) is 11.4 Å². The number of carbonyl (C=O) groups is 1. The highest BCUT2D eigenvalue weighted by Gasteiger charge is 2.43. The van der Waals surface area contributed by atoms with Crippen molar-refractivity contribution in [2.24, 2.45) is 5.41 Å². The van der Waals surface area contributed by atoms with Crippen LogP contribution in [0.4, 0.5) is 0 Å². The highest BCUT2D eigenvalue weighted by Crippen LogP contribution is 2.35. The zero-order valence-corrected chi connectivity index (χ0v) is 14.5. The fraction of sp³-hybridized carbons (Fsp3) is 0.474. The second-order valence-corrected chi connectivity index (χ2v) is 6.79. The SMILES string of the molecule is CCC[C@@]1(CO)CN(C(=O)c2ccccc2-c2ncc[nH]2)CC[C@@H]1O. The largest absolute Gasteiger partial charge is 0.396 e. The number of aromatic amines is 1. The van der Waals surface area contributed by atoms with Crippen molar-refractivity contribution < 1.29 is 15.0 Å². The van der Waals surface area contributed by atoms with Gasteiger partial charge in [-0.25, -0.2) is 4.98 Å². The topological polar surface area (TPSA) is 89.5 Å². The summed E-state index contributed by atoms with van der Waals surface area (Å²) in [6.45, 7) is 2.75. The first-order valence-corrected chi connectivity index (χ1v) is 8.78. The van der Waals surface area contributed by atoms with E-state index in [-0.39, 0.29) is 12.5 Å². The van der Waals surface area contributed by atoms with E-state index in [4.69, 9.17) is 0 Å². The third-order valence-corrected chi connectivity index (χ3v) is 5.15. The molecule has 0 unspecified atom stereocenters. The van der Waals surface area contributed by atoms with Gasteiger partial charge in [0, 0.05) is 36.5 Å². The van der Waals surface area contributed by atoms with E-state index in [0.29, 0.717) is 37.3 Å². The lowest BCUT2D eigenvalue weighted by molar-refractivity contribution is -0.0720. The van der Waals surface area contributed by atoms with Gasteiger partial charge in [-0.05, 0) is 18.9 Å². The molecule has 1 aromatic carbocycles. The molecular formula is C19H25N3O3. The predicted molar refractivity (Wildman–Crippen MR) is 95.0 cm³/mol. The molecule has 2 aromatic rings. The van der Waals surface area contributed by atoms with Crippen molar-refractivity contribution in [1.29, 1.82) is 0 Å². The predicted octanol–water partition coefficient (Wildman–Crippen LogP) is 2.06. The number of likely N-dealkylation sites (tertiary alicyclic amines) is 1. The van der Waals surface area contributed by atoms with Crippen LogP contribution in [0.2, 0.25) is 0 Å². The lowest BCUT2D eigenvalue weighted by atomic mass is 9.74. The molecule has 6 nitrogen and oxygen atoms in total. The van der Waals surface area contributed by atoms with E-state index in [9.17, 15) is 15.0 Å². The summed E-state index contributed by atoms with van der Waals surface area (Å²) in [4.78, 5) is 22.2. The van der Waals surface area contributed by atoms with Crippen LogP contribution < -0.4 is 0 Å². The van der Waals surface area contributed by atoms with Gasteiger partial charge >= 0.3 is 0 Å². The first-order chi connectivity index (χ1) is 12.1. The van der Waals surface area contributed by atoms with Gasteiger partial charge in [-0.15, -0.1) is 0 Å². The van der Waals surface area contributed by atoms with Crippen molar-refractivity contribution in [1.82, 2.24) is 14.9 Å². The molecule has 0 aliphatic carbocycles. The Bertz CT molecular complexity index is 716. The average molecular weight is 343 g/mol. The van der Waals surface area contributed by atoms with Crippen molar-refractivity contribution in [3.63, 3.8) is 0 Å². The quantitative estimate of drug-likeness (QED) is 0.775. The number of rotatable bonds is 5. The third kappa shape index (κ3) is 3.32. The normalized spacial score (nSPS) is 23.6. The van der Waals surface area contributed by atoms with Crippen LogP contribution in [-0.4, -0.2) is 56.8 Å². The van der Waals surface area contributed by atoms with Crippen LogP contribution in [0.1, 0.15) is 36.5 Å². The fourth-order valence-corrected chi connectivity index (χ4v) is 3.76. The monoisotopic (exact) mass is 343 g/mol. The van der Waals surface area contributed by atoms with Gasteiger partial charge in [0.1, 0.15) is 5.82 Å². The Balaban J connectivity index is 1.89. The molecule has 1 aliphatic heterocycles. The van der Waals surface area contributed by atoms with E-state index < -0.39 is 11.5 Å². The molecule has 3 N–H and O–H groups in total. The van der Waals surface area contributed by atoms with Crippen LogP contribution in [0, 0.1) is 5.41 Å². The van der Waals surface area contributed by atoms with Crippen LogP contribution in [0.25, 0.3) is 11.4 Å². The highest BCUT2D eigenvalue weighted by atomic mass is 16.3. The number of carbonyl (C=O) groups excluding carboxylic acids is 1. The van der Waals surface area contributed by atoms with Crippen molar-refractivity contribution in [3.05, 3.63) is 42.2 Å². The molecular weight excluding hydrogens is 318 g/mol. The van der Waals surface area contributed by atoms with E-state index in [1.54, 1.807) is 23.4 Å². The van der Waals surface area contributed by atoms with E-state index >= 15 is 0 Å². The molecule has 1 amide bonds. The number of hydrogen-bond donors (Lipinski definition) is 3. The Morgan fingerprint density at radius 1 is 1.44 bits per heavy atom. The van der Waals surface area contributed by atoms with E-state index in [1.807, 2.05) is 25.1 Å². The molecule has 3 rings (SSSR count). The summed E-state index contributed by atoms with van der Waals surface area (Å²) in [5, 5.41) is 20.3. The van der Waals surface area contributed by atoms with Crippen molar-refractivity contribution in [2.45, 2.75) is 32.3 Å². The number of aromatic nitrogens is 2. The molecule has 1 aliphatic rings. The Labute approximate surface area is 147 Å². The van der Waals surface area contributed by atoms with E-state index in [2.05, 4.69) is 9.97 Å². The van der Waals surface area contributed by atoms with Crippen LogP contribution in [-0.2, 0) is 0 Å². The van der Waals surface area contributed by atoms with Crippen LogP contribution in [0.3, 0.4) is 0 Å². The highest BCUT2D eigenvalue weighted by molar-refractivity contribution is 6.00. The minimum absolute atomic E-state index is 0.0900. The molecule has 0 saturated carbocycles. The number of piperidine rings is 1. The summed E-state index contributed by atoms with van der Waals surface area (Å²) in [6, 6.07) is 7.38. The first kappa shape index (κ1) is 17.6. The average Bonchev–Trinajstić information content (AvgIpc) is 3.18. The van der Waals surface area contributed by atoms with Gasteiger partial charge in [-0.2, -0.15) is 0 Å².